The lowest BCUT2D eigenvalue weighted by Gasteiger charge is -2.00. The van der Waals surface area contributed by atoms with Crippen molar-refractivity contribution in [2.45, 2.75) is 13.0 Å². The van der Waals surface area contributed by atoms with E-state index in [-0.39, 0.29) is 6.04 Å². The van der Waals surface area contributed by atoms with Gasteiger partial charge in [-0.2, -0.15) is 0 Å². The van der Waals surface area contributed by atoms with Crippen LogP contribution in [0.5, 0.6) is 0 Å². The maximum absolute atomic E-state index is 10.5. The second-order valence-corrected chi connectivity index (χ2v) is 4.80. The Bertz CT molecular complexity index is 308. The SMILES string of the molecule is CC(N)c1cc(C(=O)O)sc1Br. The lowest BCUT2D eigenvalue weighted by molar-refractivity contribution is 0.0702. The second-order valence-electron chi connectivity index (χ2n) is 2.43. The first kappa shape index (κ1) is 9.70. The van der Waals surface area contributed by atoms with E-state index in [1.165, 1.54) is 11.3 Å². The molecular formula is C7H8BrNO2S. The molecule has 0 aliphatic carbocycles. The van der Waals surface area contributed by atoms with Crippen LogP contribution in [0.2, 0.25) is 0 Å². The molecule has 1 heterocycles. The van der Waals surface area contributed by atoms with Gasteiger partial charge in [0.1, 0.15) is 4.88 Å². The summed E-state index contributed by atoms with van der Waals surface area (Å²) in [6.07, 6.45) is 0. The van der Waals surface area contributed by atoms with E-state index < -0.39 is 5.97 Å². The molecule has 1 rings (SSSR count). The van der Waals surface area contributed by atoms with Crippen LogP contribution in [0.4, 0.5) is 0 Å². The lowest BCUT2D eigenvalue weighted by Crippen LogP contribution is -2.04. The minimum Gasteiger partial charge on any atom is -0.477 e. The molecule has 12 heavy (non-hydrogen) atoms. The summed E-state index contributed by atoms with van der Waals surface area (Å²) in [6.45, 7) is 1.82. The van der Waals surface area contributed by atoms with Crippen LogP contribution in [-0.4, -0.2) is 11.1 Å². The van der Waals surface area contributed by atoms with Crippen LogP contribution in [0.15, 0.2) is 9.85 Å². The first-order valence-electron chi connectivity index (χ1n) is 3.30. The minimum absolute atomic E-state index is 0.135. The molecular weight excluding hydrogens is 242 g/mol. The summed E-state index contributed by atoms with van der Waals surface area (Å²) in [5.74, 6) is -0.910. The number of carbonyl (C=O) groups is 1. The number of rotatable bonds is 2. The molecule has 0 aliphatic rings. The third kappa shape index (κ3) is 1.85. The van der Waals surface area contributed by atoms with Gasteiger partial charge in [-0.1, -0.05) is 0 Å². The number of thiophene rings is 1. The molecule has 1 atom stereocenters. The molecule has 0 saturated heterocycles. The summed E-state index contributed by atoms with van der Waals surface area (Å²) in [7, 11) is 0. The van der Waals surface area contributed by atoms with Crippen molar-refractivity contribution in [1.29, 1.82) is 0 Å². The van der Waals surface area contributed by atoms with Gasteiger partial charge < -0.3 is 10.8 Å². The third-order valence-corrected chi connectivity index (χ3v) is 3.29. The fourth-order valence-electron chi connectivity index (χ4n) is 0.799. The van der Waals surface area contributed by atoms with Gasteiger partial charge in [0.15, 0.2) is 0 Å². The highest BCUT2D eigenvalue weighted by atomic mass is 79.9. The van der Waals surface area contributed by atoms with E-state index in [1.807, 2.05) is 6.92 Å². The van der Waals surface area contributed by atoms with Gasteiger partial charge in [-0.25, -0.2) is 4.79 Å². The van der Waals surface area contributed by atoms with E-state index in [4.69, 9.17) is 10.8 Å². The Labute approximate surface area is 82.3 Å². The molecule has 1 unspecified atom stereocenters. The van der Waals surface area contributed by atoms with Crippen molar-refractivity contribution in [2.24, 2.45) is 5.73 Å². The Kier molecular flexibility index (Phi) is 2.87. The largest absolute Gasteiger partial charge is 0.477 e. The zero-order valence-corrected chi connectivity index (χ0v) is 8.78. The third-order valence-electron chi connectivity index (χ3n) is 1.41. The Morgan fingerprint density at radius 2 is 2.42 bits per heavy atom. The fourth-order valence-corrected chi connectivity index (χ4v) is 2.63. The molecule has 5 heteroatoms. The molecule has 66 valence electrons. The summed E-state index contributed by atoms with van der Waals surface area (Å²) in [4.78, 5) is 10.9. The standard InChI is InChI=1S/C7H8BrNO2S/c1-3(9)4-2-5(7(10)11)12-6(4)8/h2-3H,9H2,1H3,(H,10,11). The van der Waals surface area contributed by atoms with Crippen molar-refractivity contribution in [2.75, 3.05) is 0 Å². The van der Waals surface area contributed by atoms with Gasteiger partial charge in [0.2, 0.25) is 0 Å². The highest BCUT2D eigenvalue weighted by molar-refractivity contribution is 9.11. The maximum atomic E-state index is 10.5. The van der Waals surface area contributed by atoms with E-state index in [0.29, 0.717) is 4.88 Å². The quantitative estimate of drug-likeness (QED) is 0.845. The first-order chi connectivity index (χ1) is 5.52. The Hall–Kier alpha value is -0.390. The zero-order valence-electron chi connectivity index (χ0n) is 6.37. The van der Waals surface area contributed by atoms with Crippen molar-refractivity contribution in [3.63, 3.8) is 0 Å². The Balaban J connectivity index is 3.09. The molecule has 0 amide bonds. The van der Waals surface area contributed by atoms with Crippen molar-refractivity contribution in [1.82, 2.24) is 0 Å². The monoisotopic (exact) mass is 249 g/mol. The molecule has 0 fully saturated rings. The molecule has 0 radical (unpaired) electrons. The van der Waals surface area contributed by atoms with Gasteiger partial charge in [0, 0.05) is 6.04 Å². The summed E-state index contributed by atoms with van der Waals surface area (Å²) in [6, 6.07) is 1.46. The van der Waals surface area contributed by atoms with E-state index in [2.05, 4.69) is 15.9 Å². The van der Waals surface area contributed by atoms with Crippen LogP contribution in [0.1, 0.15) is 28.2 Å². The van der Waals surface area contributed by atoms with E-state index in [0.717, 1.165) is 9.35 Å². The molecule has 3 N–H and O–H groups in total. The van der Waals surface area contributed by atoms with Gasteiger partial charge in [-0.3, -0.25) is 0 Å². The van der Waals surface area contributed by atoms with Gasteiger partial charge >= 0.3 is 5.97 Å². The number of halogens is 1. The van der Waals surface area contributed by atoms with Crippen LogP contribution in [0.3, 0.4) is 0 Å². The number of hydrogen-bond acceptors (Lipinski definition) is 3. The summed E-state index contributed by atoms with van der Waals surface area (Å²) in [5.41, 5.74) is 6.46. The van der Waals surface area contributed by atoms with Gasteiger partial charge in [0.05, 0.1) is 3.79 Å². The maximum Gasteiger partial charge on any atom is 0.345 e. The summed E-state index contributed by atoms with van der Waals surface area (Å²) >= 11 is 4.45. The number of carboxylic acid groups (broad SMARTS) is 1. The number of carboxylic acids is 1. The zero-order chi connectivity index (χ0) is 9.30. The van der Waals surface area contributed by atoms with Crippen LogP contribution in [0.25, 0.3) is 0 Å². The van der Waals surface area contributed by atoms with Crippen LogP contribution in [0, 0.1) is 0 Å². The molecule has 1 aromatic rings. The average Bonchev–Trinajstić information content (AvgIpc) is 2.30. The average molecular weight is 250 g/mol. The number of nitrogens with two attached hydrogens (primary N) is 1. The van der Waals surface area contributed by atoms with Crippen molar-refractivity contribution in [3.05, 3.63) is 20.3 Å². The van der Waals surface area contributed by atoms with Crippen molar-refractivity contribution < 1.29 is 9.90 Å². The normalized spacial score (nSPS) is 12.9. The second kappa shape index (κ2) is 3.55. The summed E-state index contributed by atoms with van der Waals surface area (Å²) in [5, 5.41) is 8.65. The van der Waals surface area contributed by atoms with Crippen LogP contribution >= 0.6 is 27.3 Å². The van der Waals surface area contributed by atoms with Crippen molar-refractivity contribution >= 4 is 33.2 Å². The number of hydrogen-bond donors (Lipinski definition) is 2. The van der Waals surface area contributed by atoms with Crippen LogP contribution < -0.4 is 5.73 Å². The Morgan fingerprint density at radius 1 is 1.83 bits per heavy atom. The van der Waals surface area contributed by atoms with Gasteiger partial charge in [-0.05, 0) is 34.5 Å². The molecule has 1 aromatic heterocycles. The molecule has 0 aromatic carbocycles. The minimum atomic E-state index is -0.910. The highest BCUT2D eigenvalue weighted by Crippen LogP contribution is 2.31. The van der Waals surface area contributed by atoms with Crippen molar-refractivity contribution in [3.8, 4) is 0 Å². The fraction of sp³-hybridized carbons (Fsp3) is 0.286. The lowest BCUT2D eigenvalue weighted by atomic mass is 10.2. The molecule has 3 nitrogen and oxygen atoms in total. The smallest absolute Gasteiger partial charge is 0.345 e. The Morgan fingerprint density at radius 3 is 2.67 bits per heavy atom. The topological polar surface area (TPSA) is 63.3 Å². The van der Waals surface area contributed by atoms with Gasteiger partial charge in [-0.15, -0.1) is 11.3 Å². The number of aromatic carboxylic acids is 1. The molecule has 0 saturated carbocycles. The summed E-state index contributed by atoms with van der Waals surface area (Å²) < 4.78 is 0.801. The van der Waals surface area contributed by atoms with E-state index in [1.54, 1.807) is 6.07 Å². The first-order valence-corrected chi connectivity index (χ1v) is 4.91. The predicted molar refractivity (Wildman–Crippen MR) is 51.6 cm³/mol. The predicted octanol–water partition coefficient (Wildman–Crippen LogP) is 2.23. The molecule has 0 spiro atoms. The van der Waals surface area contributed by atoms with E-state index >= 15 is 0 Å². The highest BCUT2D eigenvalue weighted by Gasteiger charge is 2.13. The molecule has 0 bridgehead atoms. The van der Waals surface area contributed by atoms with Gasteiger partial charge in [0.25, 0.3) is 0 Å². The van der Waals surface area contributed by atoms with E-state index in [9.17, 15) is 4.79 Å². The molecule has 0 aliphatic heterocycles. The van der Waals surface area contributed by atoms with Crippen LogP contribution in [-0.2, 0) is 0 Å².